The summed E-state index contributed by atoms with van der Waals surface area (Å²) >= 11 is 0. The fraction of sp³-hybridized carbons (Fsp3) is 0.438. The van der Waals surface area contributed by atoms with Crippen molar-refractivity contribution in [2.45, 2.75) is 31.6 Å². The molecule has 0 saturated heterocycles. The number of pyridine rings is 1. The molecule has 4 heteroatoms. The molecule has 1 heterocycles. The van der Waals surface area contributed by atoms with Crippen LogP contribution in [0.4, 0.5) is 5.69 Å². The maximum atomic E-state index is 6.22. The molecule has 4 nitrogen and oxygen atoms in total. The van der Waals surface area contributed by atoms with E-state index in [0.29, 0.717) is 11.7 Å². The molecule has 1 aliphatic carbocycles. The number of aromatic nitrogens is 1. The quantitative estimate of drug-likeness (QED) is 0.929. The summed E-state index contributed by atoms with van der Waals surface area (Å²) < 4.78 is 10.7. The van der Waals surface area contributed by atoms with Gasteiger partial charge in [0.2, 0.25) is 0 Å². The molecule has 2 aromatic rings. The van der Waals surface area contributed by atoms with Crippen molar-refractivity contribution in [2.24, 2.45) is 0 Å². The van der Waals surface area contributed by atoms with Crippen molar-refractivity contribution in [3.8, 4) is 11.5 Å². The van der Waals surface area contributed by atoms with Crippen molar-refractivity contribution in [1.82, 2.24) is 4.98 Å². The van der Waals surface area contributed by atoms with Crippen molar-refractivity contribution in [3.05, 3.63) is 23.9 Å². The highest BCUT2D eigenvalue weighted by Crippen LogP contribution is 2.38. The summed E-state index contributed by atoms with van der Waals surface area (Å²) in [6, 6.07) is 5.78. The normalized spacial score (nSPS) is 15.7. The minimum absolute atomic E-state index is 0.536. The first-order valence-electron chi connectivity index (χ1n) is 7.05. The van der Waals surface area contributed by atoms with Crippen LogP contribution in [0.25, 0.3) is 10.9 Å². The molecule has 1 fully saturated rings. The first kappa shape index (κ1) is 13.0. The minimum Gasteiger partial charge on any atom is -0.497 e. The fourth-order valence-corrected chi connectivity index (χ4v) is 3.02. The summed E-state index contributed by atoms with van der Waals surface area (Å²) in [7, 11) is 3.28. The van der Waals surface area contributed by atoms with Crippen molar-refractivity contribution >= 4 is 16.6 Å². The summed E-state index contributed by atoms with van der Waals surface area (Å²) in [5.74, 6) is 1.98. The SMILES string of the molecule is COc1cc(OC)c2nc(C3CCCC3)cc(N)c2c1. The third-order valence-corrected chi connectivity index (χ3v) is 4.13. The highest BCUT2D eigenvalue weighted by atomic mass is 16.5. The number of anilines is 1. The third kappa shape index (κ3) is 2.15. The van der Waals surface area contributed by atoms with E-state index in [1.54, 1.807) is 14.2 Å². The second kappa shape index (κ2) is 5.19. The lowest BCUT2D eigenvalue weighted by Crippen LogP contribution is -2.01. The Kier molecular flexibility index (Phi) is 3.38. The molecule has 0 amide bonds. The number of rotatable bonds is 3. The Hall–Kier alpha value is -1.97. The number of nitrogens with zero attached hydrogens (tertiary/aromatic N) is 1. The van der Waals surface area contributed by atoms with Crippen LogP contribution in [0.5, 0.6) is 11.5 Å². The summed E-state index contributed by atoms with van der Waals surface area (Å²) in [5.41, 5.74) is 8.89. The molecule has 0 unspecified atom stereocenters. The Labute approximate surface area is 118 Å². The molecule has 1 aliphatic rings. The number of nitrogen functional groups attached to an aromatic ring is 1. The molecule has 3 rings (SSSR count). The second-order valence-electron chi connectivity index (χ2n) is 5.34. The number of hydrogen-bond acceptors (Lipinski definition) is 4. The highest BCUT2D eigenvalue weighted by molar-refractivity contribution is 5.95. The first-order valence-corrected chi connectivity index (χ1v) is 7.05. The fourth-order valence-electron chi connectivity index (χ4n) is 3.02. The zero-order chi connectivity index (χ0) is 14.1. The number of fused-ring (bicyclic) bond motifs is 1. The number of methoxy groups -OCH3 is 2. The van der Waals surface area contributed by atoms with Gasteiger partial charge in [-0.15, -0.1) is 0 Å². The van der Waals surface area contributed by atoms with E-state index in [1.807, 2.05) is 18.2 Å². The monoisotopic (exact) mass is 272 g/mol. The van der Waals surface area contributed by atoms with Crippen LogP contribution in [-0.4, -0.2) is 19.2 Å². The zero-order valence-corrected chi connectivity index (χ0v) is 12.0. The van der Waals surface area contributed by atoms with E-state index in [2.05, 4.69) is 0 Å². The Bertz CT molecular complexity index is 634. The van der Waals surface area contributed by atoms with Gasteiger partial charge in [-0.05, 0) is 25.0 Å². The zero-order valence-electron chi connectivity index (χ0n) is 12.0. The predicted molar refractivity (Wildman–Crippen MR) is 80.5 cm³/mol. The molecule has 1 saturated carbocycles. The second-order valence-corrected chi connectivity index (χ2v) is 5.34. The van der Waals surface area contributed by atoms with E-state index in [0.717, 1.165) is 28.0 Å². The molecule has 1 aromatic heterocycles. The molecule has 0 aliphatic heterocycles. The summed E-state index contributed by atoms with van der Waals surface area (Å²) in [5, 5.41) is 0.892. The van der Waals surface area contributed by atoms with Gasteiger partial charge >= 0.3 is 0 Å². The minimum atomic E-state index is 0.536. The van der Waals surface area contributed by atoms with Gasteiger partial charge in [0, 0.05) is 28.8 Å². The maximum Gasteiger partial charge on any atom is 0.148 e. The van der Waals surface area contributed by atoms with Gasteiger partial charge in [-0.3, -0.25) is 0 Å². The van der Waals surface area contributed by atoms with Crippen LogP contribution in [0.3, 0.4) is 0 Å². The molecule has 0 radical (unpaired) electrons. The van der Waals surface area contributed by atoms with Crippen LogP contribution in [0, 0.1) is 0 Å². The molecule has 0 spiro atoms. The highest BCUT2D eigenvalue weighted by Gasteiger charge is 2.20. The van der Waals surface area contributed by atoms with Crippen LogP contribution in [0.1, 0.15) is 37.3 Å². The molecule has 1 aromatic carbocycles. The molecule has 2 N–H and O–H groups in total. The third-order valence-electron chi connectivity index (χ3n) is 4.13. The van der Waals surface area contributed by atoms with Gasteiger partial charge in [-0.2, -0.15) is 0 Å². The lowest BCUT2D eigenvalue weighted by Gasteiger charge is -2.14. The molecular weight excluding hydrogens is 252 g/mol. The number of benzene rings is 1. The maximum absolute atomic E-state index is 6.22. The molecule has 0 atom stereocenters. The number of nitrogens with two attached hydrogens (primary N) is 1. The molecule has 0 bridgehead atoms. The lowest BCUT2D eigenvalue weighted by atomic mass is 10.0. The van der Waals surface area contributed by atoms with Crippen LogP contribution < -0.4 is 15.2 Å². The smallest absolute Gasteiger partial charge is 0.148 e. The molecular formula is C16H20N2O2. The van der Waals surface area contributed by atoms with Gasteiger partial charge in [-0.1, -0.05) is 12.8 Å². The van der Waals surface area contributed by atoms with Crippen molar-refractivity contribution in [3.63, 3.8) is 0 Å². The topological polar surface area (TPSA) is 57.4 Å². The van der Waals surface area contributed by atoms with Crippen LogP contribution in [0.2, 0.25) is 0 Å². The van der Waals surface area contributed by atoms with E-state index in [4.69, 9.17) is 20.2 Å². The van der Waals surface area contributed by atoms with Gasteiger partial charge in [0.1, 0.15) is 17.0 Å². The number of hydrogen-bond donors (Lipinski definition) is 1. The largest absolute Gasteiger partial charge is 0.497 e. The van der Waals surface area contributed by atoms with E-state index in [-0.39, 0.29) is 0 Å². The van der Waals surface area contributed by atoms with E-state index in [9.17, 15) is 0 Å². The van der Waals surface area contributed by atoms with Crippen molar-refractivity contribution < 1.29 is 9.47 Å². The van der Waals surface area contributed by atoms with Crippen molar-refractivity contribution in [2.75, 3.05) is 20.0 Å². The van der Waals surface area contributed by atoms with Gasteiger partial charge in [-0.25, -0.2) is 4.98 Å². The van der Waals surface area contributed by atoms with Gasteiger partial charge in [0.05, 0.1) is 14.2 Å². The van der Waals surface area contributed by atoms with Crippen LogP contribution in [0.15, 0.2) is 18.2 Å². The Morgan fingerprint density at radius 3 is 2.50 bits per heavy atom. The van der Waals surface area contributed by atoms with E-state index in [1.165, 1.54) is 25.7 Å². The Morgan fingerprint density at radius 2 is 1.85 bits per heavy atom. The van der Waals surface area contributed by atoms with Gasteiger partial charge in [0.15, 0.2) is 0 Å². The standard InChI is InChI=1S/C16H20N2O2/c1-19-11-7-12-13(17)9-14(10-5-3-4-6-10)18-16(12)15(8-11)20-2/h7-10H,3-6H2,1-2H3,(H2,17,18). The summed E-state index contributed by atoms with van der Waals surface area (Å²) in [4.78, 5) is 4.80. The lowest BCUT2D eigenvalue weighted by molar-refractivity contribution is 0.397. The summed E-state index contributed by atoms with van der Waals surface area (Å²) in [6.07, 6.45) is 4.97. The van der Waals surface area contributed by atoms with E-state index >= 15 is 0 Å². The average molecular weight is 272 g/mol. The van der Waals surface area contributed by atoms with Gasteiger partial charge in [0.25, 0.3) is 0 Å². The first-order chi connectivity index (χ1) is 9.72. The predicted octanol–water partition coefficient (Wildman–Crippen LogP) is 3.49. The average Bonchev–Trinajstić information content (AvgIpc) is 3.00. The van der Waals surface area contributed by atoms with Crippen LogP contribution in [-0.2, 0) is 0 Å². The summed E-state index contributed by atoms with van der Waals surface area (Å²) in [6.45, 7) is 0. The van der Waals surface area contributed by atoms with Crippen molar-refractivity contribution in [1.29, 1.82) is 0 Å². The molecule has 20 heavy (non-hydrogen) atoms. The van der Waals surface area contributed by atoms with E-state index < -0.39 is 0 Å². The number of ether oxygens (including phenoxy) is 2. The molecule has 106 valence electrons. The van der Waals surface area contributed by atoms with Gasteiger partial charge < -0.3 is 15.2 Å². The van der Waals surface area contributed by atoms with Crippen LogP contribution >= 0.6 is 0 Å². The Balaban J connectivity index is 2.18. The Morgan fingerprint density at radius 1 is 1.10 bits per heavy atom.